The first kappa shape index (κ1) is 24.8. The van der Waals surface area contributed by atoms with Gasteiger partial charge in [-0.3, -0.25) is 9.69 Å². The van der Waals surface area contributed by atoms with Crippen molar-refractivity contribution in [2.75, 3.05) is 18.6 Å². The topological polar surface area (TPSA) is 108 Å². The van der Waals surface area contributed by atoms with Gasteiger partial charge >= 0.3 is 6.18 Å². The van der Waals surface area contributed by atoms with Crippen molar-refractivity contribution in [2.45, 2.75) is 38.4 Å². The van der Waals surface area contributed by atoms with Crippen molar-refractivity contribution >= 4 is 11.7 Å². The molecule has 3 aromatic heterocycles. The van der Waals surface area contributed by atoms with Crippen LogP contribution in [0.3, 0.4) is 0 Å². The Morgan fingerprint density at radius 3 is 2.56 bits per heavy atom. The lowest BCUT2D eigenvalue weighted by molar-refractivity contribution is -0.141. The van der Waals surface area contributed by atoms with Crippen LogP contribution in [0.25, 0.3) is 17.1 Å². The minimum atomic E-state index is -4.53. The molecule has 1 saturated carbocycles. The van der Waals surface area contributed by atoms with Gasteiger partial charge in [0, 0.05) is 11.6 Å². The number of hydrogen-bond donors (Lipinski definition) is 0. The zero-order valence-electron chi connectivity index (χ0n) is 20.9. The second-order valence-corrected chi connectivity index (χ2v) is 9.31. The Hall–Kier alpha value is -4.55. The van der Waals surface area contributed by atoms with E-state index in [4.69, 9.17) is 9.47 Å². The first-order valence-electron chi connectivity index (χ1n) is 12.2. The number of fused-ring (bicyclic) bond motifs is 1. The number of carbonyl (C=O) groups is 1. The van der Waals surface area contributed by atoms with Crippen molar-refractivity contribution in [3.63, 3.8) is 0 Å². The number of aryl methyl sites for hydroxylation is 1. The molecule has 39 heavy (non-hydrogen) atoms. The van der Waals surface area contributed by atoms with Crippen molar-refractivity contribution in [3.05, 3.63) is 65.5 Å². The SMILES string of the molecule is COc1ncnc(C2CC2)c1-c1ncc2c(n1)N(Cc1ccc(-n3nc(C(F)(F)F)cc3C)cc1)C(=O)CO2. The third-order valence-electron chi connectivity index (χ3n) is 6.57. The summed E-state index contributed by atoms with van der Waals surface area (Å²) >= 11 is 0. The Labute approximate surface area is 220 Å². The predicted molar refractivity (Wildman–Crippen MR) is 132 cm³/mol. The fourth-order valence-corrected chi connectivity index (χ4v) is 4.49. The molecule has 0 N–H and O–H groups in total. The van der Waals surface area contributed by atoms with Gasteiger partial charge in [0.05, 0.1) is 31.2 Å². The number of nitrogens with zero attached hydrogens (tertiary/aromatic N) is 7. The number of rotatable bonds is 6. The van der Waals surface area contributed by atoms with Gasteiger partial charge < -0.3 is 9.47 Å². The van der Waals surface area contributed by atoms with Gasteiger partial charge in [-0.05, 0) is 43.5 Å². The molecule has 0 atom stereocenters. The summed E-state index contributed by atoms with van der Waals surface area (Å²) < 4.78 is 51.5. The van der Waals surface area contributed by atoms with Crippen LogP contribution in [0, 0.1) is 6.92 Å². The van der Waals surface area contributed by atoms with Crippen LogP contribution in [-0.4, -0.2) is 49.3 Å². The Balaban J connectivity index is 1.31. The van der Waals surface area contributed by atoms with E-state index in [0.717, 1.165) is 30.2 Å². The highest BCUT2D eigenvalue weighted by Crippen LogP contribution is 2.45. The monoisotopic (exact) mass is 537 g/mol. The minimum Gasteiger partial charge on any atom is -0.480 e. The summed E-state index contributed by atoms with van der Waals surface area (Å²) in [6.45, 7) is 1.54. The molecule has 0 bridgehead atoms. The molecule has 1 fully saturated rings. The number of hydrogen-bond acceptors (Lipinski definition) is 8. The molecule has 0 saturated heterocycles. The molecular formula is C26H22F3N7O3. The van der Waals surface area contributed by atoms with Gasteiger partial charge in [0.1, 0.15) is 11.9 Å². The first-order valence-corrected chi connectivity index (χ1v) is 12.2. The molecular weight excluding hydrogens is 515 g/mol. The highest BCUT2D eigenvalue weighted by molar-refractivity contribution is 5.96. The maximum absolute atomic E-state index is 13.1. The van der Waals surface area contributed by atoms with Gasteiger partial charge in [0.2, 0.25) is 5.88 Å². The zero-order chi connectivity index (χ0) is 27.3. The van der Waals surface area contributed by atoms with E-state index < -0.39 is 11.9 Å². The molecule has 0 spiro atoms. The summed E-state index contributed by atoms with van der Waals surface area (Å²) in [5, 5.41) is 3.69. The van der Waals surface area contributed by atoms with Gasteiger partial charge in [-0.15, -0.1) is 0 Å². The molecule has 1 amide bonds. The van der Waals surface area contributed by atoms with Crippen molar-refractivity contribution in [1.29, 1.82) is 0 Å². The summed E-state index contributed by atoms with van der Waals surface area (Å²) in [5.41, 5.74) is 1.98. The first-order chi connectivity index (χ1) is 18.7. The Bertz CT molecular complexity index is 1570. The number of ether oxygens (including phenoxy) is 2. The number of carbonyl (C=O) groups excluding carboxylic acids is 1. The Morgan fingerprint density at radius 1 is 1.13 bits per heavy atom. The minimum absolute atomic E-state index is 0.162. The molecule has 10 nitrogen and oxygen atoms in total. The van der Waals surface area contributed by atoms with E-state index in [0.29, 0.717) is 40.2 Å². The van der Waals surface area contributed by atoms with Crippen molar-refractivity contribution in [2.24, 2.45) is 0 Å². The summed E-state index contributed by atoms with van der Waals surface area (Å²) in [7, 11) is 1.51. The van der Waals surface area contributed by atoms with Crippen molar-refractivity contribution in [1.82, 2.24) is 29.7 Å². The molecule has 1 aliphatic heterocycles. The number of methoxy groups -OCH3 is 1. The van der Waals surface area contributed by atoms with Crippen LogP contribution in [0.2, 0.25) is 0 Å². The van der Waals surface area contributed by atoms with Gasteiger partial charge in [-0.25, -0.2) is 24.6 Å². The fourth-order valence-electron chi connectivity index (χ4n) is 4.49. The number of halogens is 3. The predicted octanol–water partition coefficient (Wildman–Crippen LogP) is 4.26. The molecule has 6 rings (SSSR count). The lowest BCUT2D eigenvalue weighted by Crippen LogP contribution is -2.39. The molecule has 200 valence electrons. The van der Waals surface area contributed by atoms with Gasteiger partial charge in [0.25, 0.3) is 5.91 Å². The van der Waals surface area contributed by atoms with Crippen LogP contribution >= 0.6 is 0 Å². The number of anilines is 1. The Kier molecular flexibility index (Phi) is 5.92. The molecule has 13 heteroatoms. The molecule has 1 aromatic carbocycles. The van der Waals surface area contributed by atoms with Crippen LogP contribution in [0.5, 0.6) is 11.6 Å². The highest BCUT2D eigenvalue weighted by Gasteiger charge is 2.35. The molecule has 1 aliphatic carbocycles. The molecule has 0 radical (unpaired) electrons. The van der Waals surface area contributed by atoms with E-state index >= 15 is 0 Å². The maximum atomic E-state index is 13.1. The number of amides is 1. The smallest absolute Gasteiger partial charge is 0.435 e. The standard InChI is InChI=1S/C26H22F3N7O3/c1-14-9-19(26(27,28)29)34-36(14)17-7-3-15(4-8-17)11-35-20(37)12-39-18-10-30-23(33-24(18)35)21-22(16-5-6-16)31-13-32-25(21)38-2/h3-4,7-10,13,16H,5-6,11-12H2,1-2H3. The quantitative estimate of drug-likeness (QED) is 0.359. The molecule has 4 aromatic rings. The Morgan fingerprint density at radius 2 is 1.90 bits per heavy atom. The van der Waals surface area contributed by atoms with Crippen LogP contribution in [0.1, 0.15) is 41.4 Å². The summed E-state index contributed by atoms with van der Waals surface area (Å²) in [6.07, 6.45) is 0.429. The zero-order valence-corrected chi connectivity index (χ0v) is 20.9. The maximum Gasteiger partial charge on any atom is 0.435 e. The van der Waals surface area contributed by atoms with Crippen molar-refractivity contribution in [3.8, 4) is 28.7 Å². The molecule has 0 unspecified atom stereocenters. The van der Waals surface area contributed by atoms with E-state index in [1.54, 1.807) is 31.2 Å². The van der Waals surface area contributed by atoms with Crippen LogP contribution < -0.4 is 14.4 Å². The number of benzene rings is 1. The largest absolute Gasteiger partial charge is 0.480 e. The second kappa shape index (κ2) is 9.33. The van der Waals surface area contributed by atoms with Crippen molar-refractivity contribution < 1.29 is 27.4 Å². The normalized spacial score (nSPS) is 15.2. The van der Waals surface area contributed by atoms with Crippen LogP contribution in [-0.2, 0) is 17.5 Å². The molecule has 2 aliphatic rings. The van der Waals surface area contributed by atoms with Crippen LogP contribution in [0.4, 0.5) is 19.0 Å². The third-order valence-corrected chi connectivity index (χ3v) is 6.57. The van der Waals surface area contributed by atoms with Gasteiger partial charge in [-0.1, -0.05) is 12.1 Å². The van der Waals surface area contributed by atoms with E-state index in [1.165, 1.54) is 29.2 Å². The average Bonchev–Trinajstić information content (AvgIpc) is 3.70. The van der Waals surface area contributed by atoms with E-state index in [2.05, 4.69) is 25.0 Å². The molecule has 4 heterocycles. The van der Waals surface area contributed by atoms with Gasteiger partial charge in [0.15, 0.2) is 29.7 Å². The summed E-state index contributed by atoms with van der Waals surface area (Å²) in [5.74, 6) is 1.29. The number of aromatic nitrogens is 6. The third kappa shape index (κ3) is 4.64. The van der Waals surface area contributed by atoms with E-state index in [9.17, 15) is 18.0 Å². The summed E-state index contributed by atoms with van der Waals surface area (Å²) in [6, 6.07) is 7.76. The fraction of sp³-hybridized carbons (Fsp3) is 0.308. The van der Waals surface area contributed by atoms with Gasteiger partial charge in [-0.2, -0.15) is 18.3 Å². The van der Waals surface area contributed by atoms with Crippen LogP contribution in [0.15, 0.2) is 42.9 Å². The highest BCUT2D eigenvalue weighted by atomic mass is 19.4. The average molecular weight is 538 g/mol. The van der Waals surface area contributed by atoms with E-state index in [1.807, 2.05) is 0 Å². The lowest BCUT2D eigenvalue weighted by Gasteiger charge is -2.28. The summed E-state index contributed by atoms with van der Waals surface area (Å²) in [4.78, 5) is 32.2. The lowest BCUT2D eigenvalue weighted by atomic mass is 10.1. The second-order valence-electron chi connectivity index (χ2n) is 9.31. The number of alkyl halides is 3. The van der Waals surface area contributed by atoms with E-state index in [-0.39, 0.29) is 25.0 Å².